The van der Waals surface area contributed by atoms with Crippen molar-refractivity contribution in [1.82, 2.24) is 4.98 Å². The molecule has 0 aromatic carbocycles. The van der Waals surface area contributed by atoms with Crippen LogP contribution < -0.4 is 10.1 Å². The van der Waals surface area contributed by atoms with Crippen molar-refractivity contribution < 1.29 is 13.2 Å². The zero-order chi connectivity index (χ0) is 13.9. The molecule has 19 heavy (non-hydrogen) atoms. The molecule has 0 aliphatic carbocycles. The van der Waals surface area contributed by atoms with Gasteiger partial charge in [-0.3, -0.25) is 0 Å². The molecule has 0 spiro atoms. The maximum atomic E-state index is 11.4. The van der Waals surface area contributed by atoms with Crippen LogP contribution in [0.15, 0.2) is 18.3 Å². The zero-order valence-electron chi connectivity index (χ0n) is 11.3. The molecule has 1 aliphatic rings. The first-order valence-corrected chi connectivity index (χ1v) is 8.34. The van der Waals surface area contributed by atoms with E-state index in [1.807, 2.05) is 26.0 Å². The van der Waals surface area contributed by atoms with Gasteiger partial charge >= 0.3 is 0 Å². The van der Waals surface area contributed by atoms with Crippen LogP contribution in [0.3, 0.4) is 0 Å². The molecular weight excluding hydrogens is 264 g/mol. The molecule has 0 amide bonds. The Kier molecular flexibility index (Phi) is 4.29. The molecule has 1 N–H and O–H groups in total. The van der Waals surface area contributed by atoms with Gasteiger partial charge in [0.05, 0.1) is 17.6 Å². The summed E-state index contributed by atoms with van der Waals surface area (Å²) in [7, 11) is -2.82. The molecule has 1 aliphatic heterocycles. The largest absolute Gasteiger partial charge is 0.487 e. The van der Waals surface area contributed by atoms with Crippen molar-refractivity contribution in [1.29, 1.82) is 0 Å². The monoisotopic (exact) mass is 284 g/mol. The smallest absolute Gasteiger partial charge is 0.168 e. The summed E-state index contributed by atoms with van der Waals surface area (Å²) in [5.41, 5.74) is 0. The molecule has 1 aromatic rings. The van der Waals surface area contributed by atoms with E-state index < -0.39 is 9.84 Å². The van der Waals surface area contributed by atoms with Gasteiger partial charge in [-0.1, -0.05) is 0 Å². The standard InChI is InChI=1S/C13H20N2O3S/c1-10(2)18-12-4-3-6-14-13(12)15-8-11-5-7-19(16,17)9-11/h3-4,6,10-11H,5,7-9H2,1-2H3,(H,14,15). The van der Waals surface area contributed by atoms with Crippen LogP contribution in [0.2, 0.25) is 0 Å². The van der Waals surface area contributed by atoms with Gasteiger partial charge in [-0.05, 0) is 38.3 Å². The third-order valence-electron chi connectivity index (χ3n) is 3.02. The molecule has 1 atom stereocenters. The van der Waals surface area contributed by atoms with Crippen molar-refractivity contribution in [3.05, 3.63) is 18.3 Å². The predicted octanol–water partition coefficient (Wildman–Crippen LogP) is 1.72. The Balaban J connectivity index is 1.96. The fraction of sp³-hybridized carbons (Fsp3) is 0.615. The minimum absolute atomic E-state index is 0.0802. The van der Waals surface area contributed by atoms with Crippen molar-refractivity contribution in [2.45, 2.75) is 26.4 Å². The highest BCUT2D eigenvalue weighted by atomic mass is 32.2. The summed E-state index contributed by atoms with van der Waals surface area (Å²) < 4.78 is 28.5. The summed E-state index contributed by atoms with van der Waals surface area (Å²) in [6.07, 6.45) is 2.50. The SMILES string of the molecule is CC(C)Oc1cccnc1NCC1CCS(=O)(=O)C1. The lowest BCUT2D eigenvalue weighted by Crippen LogP contribution is -2.17. The molecule has 2 rings (SSSR count). The van der Waals surface area contributed by atoms with E-state index in [2.05, 4.69) is 10.3 Å². The summed E-state index contributed by atoms with van der Waals surface area (Å²) in [4.78, 5) is 4.24. The van der Waals surface area contributed by atoms with Gasteiger partial charge < -0.3 is 10.1 Å². The number of ether oxygens (including phenoxy) is 1. The van der Waals surface area contributed by atoms with Crippen molar-refractivity contribution >= 4 is 15.7 Å². The van der Waals surface area contributed by atoms with E-state index in [4.69, 9.17) is 4.74 Å². The Hall–Kier alpha value is -1.30. The normalized spacial score (nSPS) is 21.5. The number of nitrogens with zero attached hydrogens (tertiary/aromatic N) is 1. The van der Waals surface area contributed by atoms with E-state index in [1.165, 1.54) is 0 Å². The van der Waals surface area contributed by atoms with E-state index >= 15 is 0 Å². The number of rotatable bonds is 5. The molecule has 5 nitrogen and oxygen atoms in total. The number of hydrogen-bond donors (Lipinski definition) is 1. The van der Waals surface area contributed by atoms with E-state index in [1.54, 1.807) is 6.20 Å². The maximum absolute atomic E-state index is 11.4. The first-order valence-electron chi connectivity index (χ1n) is 6.52. The summed E-state index contributed by atoms with van der Waals surface area (Å²) in [5.74, 6) is 2.13. The quantitative estimate of drug-likeness (QED) is 0.891. The molecule has 1 saturated heterocycles. The molecule has 0 bridgehead atoms. The fourth-order valence-electron chi connectivity index (χ4n) is 2.15. The Morgan fingerprint density at radius 3 is 2.95 bits per heavy atom. The van der Waals surface area contributed by atoms with Crippen molar-refractivity contribution in [2.75, 3.05) is 23.4 Å². The van der Waals surface area contributed by atoms with Crippen LogP contribution in [0.5, 0.6) is 5.75 Å². The van der Waals surface area contributed by atoms with E-state index in [-0.39, 0.29) is 17.8 Å². The first-order chi connectivity index (χ1) is 8.96. The molecular formula is C13H20N2O3S. The predicted molar refractivity (Wildman–Crippen MR) is 75.3 cm³/mol. The number of pyridine rings is 1. The average Bonchev–Trinajstić information content (AvgIpc) is 2.67. The highest BCUT2D eigenvalue weighted by Crippen LogP contribution is 2.24. The van der Waals surface area contributed by atoms with Gasteiger partial charge in [0.2, 0.25) is 0 Å². The van der Waals surface area contributed by atoms with E-state index in [0.717, 1.165) is 6.42 Å². The van der Waals surface area contributed by atoms with Gasteiger partial charge in [0, 0.05) is 12.7 Å². The molecule has 106 valence electrons. The maximum Gasteiger partial charge on any atom is 0.168 e. The molecule has 1 aromatic heterocycles. The van der Waals surface area contributed by atoms with E-state index in [9.17, 15) is 8.42 Å². The van der Waals surface area contributed by atoms with E-state index in [0.29, 0.717) is 23.9 Å². The Labute approximate surface area is 114 Å². The second-order valence-corrected chi connectivity index (χ2v) is 7.40. The highest BCUT2D eigenvalue weighted by Gasteiger charge is 2.27. The second-order valence-electron chi connectivity index (χ2n) is 5.17. The van der Waals surface area contributed by atoms with Crippen molar-refractivity contribution in [3.8, 4) is 5.75 Å². The van der Waals surface area contributed by atoms with Gasteiger partial charge in [0.15, 0.2) is 21.4 Å². The molecule has 6 heteroatoms. The van der Waals surface area contributed by atoms with Crippen molar-refractivity contribution in [3.63, 3.8) is 0 Å². The third-order valence-corrected chi connectivity index (χ3v) is 4.86. The molecule has 0 saturated carbocycles. The summed E-state index contributed by atoms with van der Waals surface area (Å²) in [6, 6.07) is 3.68. The lowest BCUT2D eigenvalue weighted by Gasteiger charge is -2.15. The fourth-order valence-corrected chi connectivity index (χ4v) is 4.01. The average molecular weight is 284 g/mol. The van der Waals surface area contributed by atoms with Gasteiger partial charge in [-0.2, -0.15) is 0 Å². The first kappa shape index (κ1) is 14.1. The Morgan fingerprint density at radius 2 is 2.32 bits per heavy atom. The van der Waals surface area contributed by atoms with Gasteiger partial charge in [-0.15, -0.1) is 0 Å². The van der Waals surface area contributed by atoms with Crippen LogP contribution in [0, 0.1) is 5.92 Å². The van der Waals surface area contributed by atoms with Crippen LogP contribution in [-0.2, 0) is 9.84 Å². The topological polar surface area (TPSA) is 68.3 Å². The third kappa shape index (κ3) is 4.09. The number of hydrogen-bond acceptors (Lipinski definition) is 5. The zero-order valence-corrected chi connectivity index (χ0v) is 12.1. The lowest BCUT2D eigenvalue weighted by molar-refractivity contribution is 0.243. The van der Waals surface area contributed by atoms with Gasteiger partial charge in [-0.25, -0.2) is 13.4 Å². The number of aromatic nitrogens is 1. The number of nitrogens with one attached hydrogen (secondary N) is 1. The molecule has 0 radical (unpaired) electrons. The summed E-state index contributed by atoms with van der Waals surface area (Å²) in [5, 5.41) is 3.20. The van der Waals surface area contributed by atoms with Crippen molar-refractivity contribution in [2.24, 2.45) is 5.92 Å². The Bertz CT molecular complexity index is 528. The van der Waals surface area contributed by atoms with Crippen LogP contribution in [-0.4, -0.2) is 37.6 Å². The van der Waals surface area contributed by atoms with Crippen LogP contribution in [0.4, 0.5) is 5.82 Å². The summed E-state index contributed by atoms with van der Waals surface area (Å²) >= 11 is 0. The molecule has 1 fully saturated rings. The summed E-state index contributed by atoms with van der Waals surface area (Å²) in [6.45, 7) is 4.53. The minimum atomic E-state index is -2.82. The highest BCUT2D eigenvalue weighted by molar-refractivity contribution is 7.91. The minimum Gasteiger partial charge on any atom is -0.487 e. The Morgan fingerprint density at radius 1 is 1.53 bits per heavy atom. The van der Waals surface area contributed by atoms with Gasteiger partial charge in [0.25, 0.3) is 0 Å². The number of anilines is 1. The molecule has 1 unspecified atom stereocenters. The number of sulfone groups is 1. The lowest BCUT2D eigenvalue weighted by atomic mass is 10.1. The second kappa shape index (κ2) is 5.77. The molecule has 2 heterocycles. The van der Waals surface area contributed by atoms with Crippen LogP contribution in [0.1, 0.15) is 20.3 Å². The van der Waals surface area contributed by atoms with Gasteiger partial charge in [0.1, 0.15) is 0 Å². The van der Waals surface area contributed by atoms with Crippen LogP contribution >= 0.6 is 0 Å². The van der Waals surface area contributed by atoms with Crippen LogP contribution in [0.25, 0.3) is 0 Å².